The number of ether oxygens (including phenoxy) is 2. The SMILES string of the molecule is FC(F)(F)C12[C@@H]3C=C[C@@]4(CN(Cc5ccccc5)C[C@]5(C=C[C@H]1O5)C24C(F)(F)F)O3. The number of fused-ring (bicyclic) bond motifs is 4. The van der Waals surface area contributed by atoms with Crippen molar-refractivity contribution >= 4 is 0 Å². The van der Waals surface area contributed by atoms with Crippen molar-refractivity contribution in [2.75, 3.05) is 13.1 Å². The van der Waals surface area contributed by atoms with Crippen LogP contribution in [0.25, 0.3) is 0 Å². The van der Waals surface area contributed by atoms with E-state index < -0.39 is 46.6 Å². The van der Waals surface area contributed by atoms with Crippen molar-refractivity contribution in [3.05, 3.63) is 60.2 Å². The third-order valence-electron chi connectivity index (χ3n) is 7.60. The Hall–Kier alpha value is -1.84. The summed E-state index contributed by atoms with van der Waals surface area (Å²) >= 11 is 0. The van der Waals surface area contributed by atoms with E-state index in [0.29, 0.717) is 0 Å². The summed E-state index contributed by atoms with van der Waals surface area (Å²) in [7, 11) is 0. The zero-order chi connectivity index (χ0) is 21.2. The molecule has 4 bridgehead atoms. The van der Waals surface area contributed by atoms with E-state index >= 15 is 0 Å². The lowest BCUT2D eigenvalue weighted by molar-refractivity contribution is -0.356. The summed E-state index contributed by atoms with van der Waals surface area (Å²) in [6.07, 6.45) is -9.15. The molecular formula is C21H17F6NO2. The largest absolute Gasteiger partial charge is 0.401 e. The number of hydrogen-bond donors (Lipinski definition) is 0. The Kier molecular flexibility index (Phi) is 3.23. The predicted molar refractivity (Wildman–Crippen MR) is 92.2 cm³/mol. The fraction of sp³-hybridized carbons (Fsp3) is 0.524. The van der Waals surface area contributed by atoms with E-state index in [1.807, 2.05) is 18.2 Å². The van der Waals surface area contributed by atoms with Gasteiger partial charge in [-0.3, -0.25) is 4.90 Å². The molecule has 160 valence electrons. The molecule has 5 heterocycles. The molecule has 1 aromatic carbocycles. The molecule has 0 aromatic heterocycles. The van der Waals surface area contributed by atoms with Gasteiger partial charge in [-0.2, -0.15) is 26.3 Å². The van der Waals surface area contributed by atoms with Crippen LogP contribution in [0.15, 0.2) is 54.6 Å². The average molecular weight is 429 g/mol. The highest BCUT2D eigenvalue weighted by Gasteiger charge is 3.01. The fourth-order valence-corrected chi connectivity index (χ4v) is 7.00. The van der Waals surface area contributed by atoms with E-state index in [1.165, 1.54) is 12.2 Å². The zero-order valence-electron chi connectivity index (χ0n) is 15.5. The van der Waals surface area contributed by atoms with Gasteiger partial charge >= 0.3 is 12.4 Å². The maximum Gasteiger partial charge on any atom is 0.401 e. The van der Waals surface area contributed by atoms with Gasteiger partial charge in [0, 0.05) is 19.6 Å². The molecule has 6 atom stereocenters. The molecule has 0 N–H and O–H groups in total. The fourth-order valence-electron chi connectivity index (χ4n) is 7.00. The molecule has 3 nitrogen and oxygen atoms in total. The molecule has 3 fully saturated rings. The van der Waals surface area contributed by atoms with Gasteiger partial charge < -0.3 is 9.47 Å². The Morgan fingerprint density at radius 2 is 1.37 bits per heavy atom. The standard InChI is InChI=1S/C21H17F6NO2/c22-20(23,24)18-14-6-8-16(29-14)11-28(10-13-4-2-1-3-5-13)12-17(9-7-15(18)30-17)19(16,18)21(25,26)27/h1-9,14-15H,10-12H2/t14-,15+,16-,17+,18?,19?. The molecule has 0 aliphatic carbocycles. The Balaban J connectivity index is 1.57. The van der Waals surface area contributed by atoms with Crippen LogP contribution < -0.4 is 0 Å². The van der Waals surface area contributed by atoms with E-state index in [-0.39, 0.29) is 19.6 Å². The number of rotatable bonds is 2. The Bertz CT molecular complexity index is 932. The number of nitrogens with zero attached hydrogens (tertiary/aromatic N) is 1. The van der Waals surface area contributed by atoms with Crippen molar-refractivity contribution in [3.8, 4) is 0 Å². The molecule has 0 radical (unpaired) electrons. The molecule has 9 heteroatoms. The molecule has 6 rings (SSSR count). The molecule has 5 aliphatic heterocycles. The maximum absolute atomic E-state index is 14.9. The van der Waals surface area contributed by atoms with Gasteiger partial charge in [0.05, 0.1) is 12.2 Å². The summed E-state index contributed by atoms with van der Waals surface area (Å²) in [5, 5.41) is 0. The van der Waals surface area contributed by atoms with E-state index in [0.717, 1.165) is 17.7 Å². The number of likely N-dealkylation sites (tertiary alicyclic amines) is 1. The van der Waals surface area contributed by atoms with Crippen molar-refractivity contribution in [1.29, 1.82) is 0 Å². The second-order valence-electron chi connectivity index (χ2n) is 8.82. The number of alkyl halides is 6. The maximum atomic E-state index is 14.9. The van der Waals surface area contributed by atoms with Gasteiger partial charge in [0.15, 0.2) is 5.41 Å². The Labute approximate surface area is 167 Å². The summed E-state index contributed by atoms with van der Waals surface area (Å²) < 4.78 is 99.9. The molecule has 0 saturated carbocycles. The molecule has 2 spiro atoms. The molecule has 1 aromatic rings. The quantitative estimate of drug-likeness (QED) is 0.524. The summed E-state index contributed by atoms with van der Waals surface area (Å²) in [5.41, 5.74) is -9.92. The second-order valence-corrected chi connectivity index (χ2v) is 8.82. The first kappa shape index (κ1) is 18.9. The highest BCUT2D eigenvalue weighted by Crippen LogP contribution is 2.84. The van der Waals surface area contributed by atoms with Gasteiger partial charge in [-0.25, -0.2) is 0 Å². The average Bonchev–Trinajstić information content (AvgIpc) is 3.36. The van der Waals surface area contributed by atoms with E-state index in [1.54, 1.807) is 17.0 Å². The predicted octanol–water partition coefficient (Wildman–Crippen LogP) is 4.01. The first-order valence-electron chi connectivity index (χ1n) is 9.67. The lowest BCUT2D eigenvalue weighted by atomic mass is 9.43. The minimum Gasteiger partial charge on any atom is -0.360 e. The van der Waals surface area contributed by atoms with Gasteiger partial charge in [-0.15, -0.1) is 0 Å². The first-order valence-corrected chi connectivity index (χ1v) is 9.67. The Morgan fingerprint density at radius 3 is 1.83 bits per heavy atom. The second kappa shape index (κ2) is 5.14. The van der Waals surface area contributed by atoms with Gasteiger partial charge in [0.25, 0.3) is 0 Å². The molecule has 2 unspecified atom stereocenters. The number of benzene rings is 1. The summed E-state index contributed by atoms with van der Waals surface area (Å²) in [6.45, 7) is -0.309. The normalized spacial score (nSPS) is 46.1. The van der Waals surface area contributed by atoms with Gasteiger partial charge in [0.2, 0.25) is 0 Å². The highest BCUT2D eigenvalue weighted by molar-refractivity contribution is 5.51. The summed E-state index contributed by atoms with van der Waals surface area (Å²) in [5.74, 6) is 0. The number of halogens is 6. The van der Waals surface area contributed by atoms with E-state index in [9.17, 15) is 26.3 Å². The van der Waals surface area contributed by atoms with Crippen LogP contribution in [0.5, 0.6) is 0 Å². The molecule has 5 aliphatic rings. The third kappa shape index (κ3) is 1.68. The molecule has 0 amide bonds. The smallest absolute Gasteiger partial charge is 0.360 e. The van der Waals surface area contributed by atoms with Crippen LogP contribution in [-0.2, 0) is 16.0 Å². The van der Waals surface area contributed by atoms with Crippen LogP contribution in [-0.4, -0.2) is 53.8 Å². The van der Waals surface area contributed by atoms with Crippen molar-refractivity contribution in [3.63, 3.8) is 0 Å². The summed E-state index contributed by atoms with van der Waals surface area (Å²) in [4.78, 5) is 1.70. The van der Waals surface area contributed by atoms with Crippen molar-refractivity contribution in [1.82, 2.24) is 4.90 Å². The van der Waals surface area contributed by atoms with Crippen molar-refractivity contribution in [2.45, 2.75) is 42.3 Å². The highest BCUT2D eigenvalue weighted by atomic mass is 19.4. The zero-order valence-corrected chi connectivity index (χ0v) is 15.5. The minimum absolute atomic E-state index is 0.279. The lowest BCUT2D eigenvalue weighted by Crippen LogP contribution is -2.79. The van der Waals surface area contributed by atoms with Gasteiger partial charge in [-0.05, 0) is 5.56 Å². The minimum atomic E-state index is -5.19. The lowest BCUT2D eigenvalue weighted by Gasteiger charge is -2.60. The van der Waals surface area contributed by atoms with Crippen LogP contribution in [0.3, 0.4) is 0 Å². The number of hydrogen-bond acceptors (Lipinski definition) is 3. The van der Waals surface area contributed by atoms with Gasteiger partial charge in [0.1, 0.15) is 16.6 Å². The number of piperidine rings is 1. The van der Waals surface area contributed by atoms with Crippen LogP contribution in [0.4, 0.5) is 26.3 Å². The first-order chi connectivity index (χ1) is 14.0. The molecule has 3 saturated heterocycles. The molecule has 30 heavy (non-hydrogen) atoms. The van der Waals surface area contributed by atoms with Gasteiger partial charge in [-0.1, -0.05) is 54.6 Å². The van der Waals surface area contributed by atoms with Crippen molar-refractivity contribution < 1.29 is 35.8 Å². The van der Waals surface area contributed by atoms with Crippen molar-refractivity contribution in [2.24, 2.45) is 10.8 Å². The third-order valence-corrected chi connectivity index (χ3v) is 7.60. The van der Waals surface area contributed by atoms with Crippen LogP contribution in [0.2, 0.25) is 0 Å². The van der Waals surface area contributed by atoms with Crippen LogP contribution in [0, 0.1) is 10.8 Å². The van der Waals surface area contributed by atoms with E-state index in [4.69, 9.17) is 9.47 Å². The monoisotopic (exact) mass is 429 g/mol. The Morgan fingerprint density at radius 1 is 0.833 bits per heavy atom. The van der Waals surface area contributed by atoms with E-state index in [2.05, 4.69) is 0 Å². The van der Waals surface area contributed by atoms with Crippen LogP contribution in [0.1, 0.15) is 5.56 Å². The topological polar surface area (TPSA) is 21.7 Å². The van der Waals surface area contributed by atoms with Crippen LogP contribution >= 0.6 is 0 Å². The summed E-state index contributed by atoms with van der Waals surface area (Å²) in [6, 6.07) is 9.08. The molecular weight excluding hydrogens is 412 g/mol.